The molecule has 3 rings (SSSR count). The van der Waals surface area contributed by atoms with Gasteiger partial charge >= 0.3 is 5.69 Å². The number of carbonyl (C=O) groups excluding carboxylic acids is 1. The quantitative estimate of drug-likeness (QED) is 0.590. The molecule has 1 N–H and O–H groups in total. The van der Waals surface area contributed by atoms with Crippen molar-refractivity contribution in [3.63, 3.8) is 0 Å². The number of ether oxygens (including phenoxy) is 1. The number of nitrogens with one attached hydrogen (secondary N) is 1. The molecule has 1 aliphatic rings. The van der Waals surface area contributed by atoms with Gasteiger partial charge in [0.05, 0.1) is 17.6 Å². The molecule has 0 saturated carbocycles. The Kier molecular flexibility index (Phi) is 6.17. The number of hydrogen-bond donors (Lipinski definition) is 1. The third-order valence-corrected chi connectivity index (χ3v) is 5.13. The van der Waals surface area contributed by atoms with Crippen LogP contribution in [0.5, 0.6) is 0 Å². The van der Waals surface area contributed by atoms with E-state index in [9.17, 15) is 14.9 Å². The SMILES string of the molecule is CC[C@H](Nc1c([N+](=O)[O-])c(C)nn1C)C(=O)N1C[C@H](C)O[C@@H](c2ccccc2)C1. The monoisotopic (exact) mass is 401 g/mol. The fraction of sp³-hybridized carbons (Fsp3) is 0.500. The molecule has 9 nitrogen and oxygen atoms in total. The van der Waals surface area contributed by atoms with Gasteiger partial charge in [-0.2, -0.15) is 5.10 Å². The average Bonchev–Trinajstić information content (AvgIpc) is 2.98. The summed E-state index contributed by atoms with van der Waals surface area (Å²) in [4.78, 5) is 26.0. The molecule has 1 aromatic carbocycles. The summed E-state index contributed by atoms with van der Waals surface area (Å²) in [5.41, 5.74) is 1.23. The lowest BCUT2D eigenvalue weighted by Crippen LogP contribution is -2.51. The number of benzene rings is 1. The van der Waals surface area contributed by atoms with Crippen molar-refractivity contribution in [1.29, 1.82) is 0 Å². The van der Waals surface area contributed by atoms with Gasteiger partial charge in [0.1, 0.15) is 17.8 Å². The molecule has 1 fully saturated rings. The van der Waals surface area contributed by atoms with Gasteiger partial charge in [-0.15, -0.1) is 0 Å². The topological polar surface area (TPSA) is 103 Å². The minimum absolute atomic E-state index is 0.100. The summed E-state index contributed by atoms with van der Waals surface area (Å²) in [5.74, 6) is 0.144. The number of nitro groups is 1. The van der Waals surface area contributed by atoms with E-state index >= 15 is 0 Å². The summed E-state index contributed by atoms with van der Waals surface area (Å²) >= 11 is 0. The first-order valence-corrected chi connectivity index (χ1v) is 9.75. The zero-order valence-corrected chi connectivity index (χ0v) is 17.2. The molecular weight excluding hydrogens is 374 g/mol. The van der Waals surface area contributed by atoms with E-state index in [0.29, 0.717) is 25.2 Å². The van der Waals surface area contributed by atoms with Crippen molar-refractivity contribution in [1.82, 2.24) is 14.7 Å². The number of nitrogens with zero attached hydrogens (tertiary/aromatic N) is 4. The Morgan fingerprint density at radius 2 is 2.07 bits per heavy atom. The fourth-order valence-corrected chi connectivity index (χ4v) is 3.73. The van der Waals surface area contributed by atoms with Crippen LogP contribution in [0.15, 0.2) is 30.3 Å². The molecule has 0 radical (unpaired) electrons. The van der Waals surface area contributed by atoms with Crippen LogP contribution >= 0.6 is 0 Å². The first-order chi connectivity index (χ1) is 13.8. The predicted molar refractivity (Wildman–Crippen MR) is 109 cm³/mol. The smallest absolute Gasteiger partial charge is 0.333 e. The van der Waals surface area contributed by atoms with Gasteiger partial charge in [0, 0.05) is 13.6 Å². The van der Waals surface area contributed by atoms with Crippen molar-refractivity contribution in [2.24, 2.45) is 7.05 Å². The molecular formula is C20H27N5O4. The normalized spacial score (nSPS) is 20.3. The van der Waals surface area contributed by atoms with Crippen molar-refractivity contribution >= 4 is 17.4 Å². The molecule has 3 atom stereocenters. The minimum Gasteiger partial charge on any atom is -0.367 e. The van der Waals surface area contributed by atoms with Crippen LogP contribution < -0.4 is 5.32 Å². The van der Waals surface area contributed by atoms with E-state index in [-0.39, 0.29) is 29.6 Å². The van der Waals surface area contributed by atoms with E-state index in [2.05, 4.69) is 10.4 Å². The molecule has 0 aliphatic carbocycles. The van der Waals surface area contributed by atoms with Crippen LogP contribution in [0.2, 0.25) is 0 Å². The molecule has 2 aromatic rings. The molecule has 0 spiro atoms. The molecule has 1 aliphatic heterocycles. The summed E-state index contributed by atoms with van der Waals surface area (Å²) in [6.07, 6.45) is 0.181. The third kappa shape index (κ3) is 4.40. The molecule has 29 heavy (non-hydrogen) atoms. The van der Waals surface area contributed by atoms with E-state index < -0.39 is 11.0 Å². The number of amides is 1. The molecule has 0 unspecified atom stereocenters. The molecule has 1 saturated heterocycles. The average molecular weight is 401 g/mol. The first kappa shape index (κ1) is 20.8. The highest BCUT2D eigenvalue weighted by atomic mass is 16.6. The van der Waals surface area contributed by atoms with Crippen molar-refractivity contribution in [3.05, 3.63) is 51.7 Å². The van der Waals surface area contributed by atoms with Gasteiger partial charge in [0.2, 0.25) is 11.7 Å². The number of anilines is 1. The molecule has 1 aromatic heterocycles. The predicted octanol–water partition coefficient (Wildman–Crippen LogP) is 2.82. The van der Waals surface area contributed by atoms with E-state index in [1.807, 2.05) is 44.2 Å². The van der Waals surface area contributed by atoms with Gasteiger partial charge in [0.15, 0.2) is 0 Å². The molecule has 2 heterocycles. The highest BCUT2D eigenvalue weighted by molar-refractivity contribution is 5.85. The largest absolute Gasteiger partial charge is 0.367 e. The van der Waals surface area contributed by atoms with Crippen LogP contribution in [0.3, 0.4) is 0 Å². The molecule has 9 heteroatoms. The number of morpholine rings is 1. The maximum absolute atomic E-state index is 13.3. The number of aryl methyl sites for hydroxylation is 2. The third-order valence-electron chi connectivity index (χ3n) is 5.13. The second kappa shape index (κ2) is 8.60. The van der Waals surface area contributed by atoms with Gasteiger partial charge in [-0.05, 0) is 25.8 Å². The fourth-order valence-electron chi connectivity index (χ4n) is 3.73. The lowest BCUT2D eigenvalue weighted by atomic mass is 10.1. The van der Waals surface area contributed by atoms with Crippen LogP contribution in [-0.4, -0.2) is 50.7 Å². The number of hydrogen-bond acceptors (Lipinski definition) is 6. The molecule has 1 amide bonds. The summed E-state index contributed by atoms with van der Waals surface area (Å²) in [6, 6.07) is 9.23. The van der Waals surface area contributed by atoms with Crippen molar-refractivity contribution < 1.29 is 14.5 Å². The Bertz CT molecular complexity index is 882. The van der Waals surface area contributed by atoms with Crippen molar-refractivity contribution in [2.75, 3.05) is 18.4 Å². The van der Waals surface area contributed by atoms with Gasteiger partial charge in [-0.25, -0.2) is 4.68 Å². The zero-order valence-electron chi connectivity index (χ0n) is 17.2. The number of aromatic nitrogens is 2. The van der Waals surface area contributed by atoms with Crippen LogP contribution in [0.1, 0.15) is 37.6 Å². The number of carbonyl (C=O) groups is 1. The maximum Gasteiger partial charge on any atom is 0.333 e. The Morgan fingerprint density at radius 3 is 2.69 bits per heavy atom. The second-order valence-corrected chi connectivity index (χ2v) is 7.36. The maximum atomic E-state index is 13.3. The Labute approximate surface area is 169 Å². The lowest BCUT2D eigenvalue weighted by molar-refractivity contribution is -0.384. The summed E-state index contributed by atoms with van der Waals surface area (Å²) < 4.78 is 7.45. The Balaban J connectivity index is 1.80. The first-order valence-electron chi connectivity index (χ1n) is 9.75. The Hall–Kier alpha value is -2.94. The van der Waals surface area contributed by atoms with Crippen LogP contribution in [0.25, 0.3) is 0 Å². The molecule has 0 bridgehead atoms. The van der Waals surface area contributed by atoms with E-state index in [4.69, 9.17) is 4.74 Å². The second-order valence-electron chi connectivity index (χ2n) is 7.36. The Morgan fingerprint density at radius 1 is 1.38 bits per heavy atom. The molecule has 156 valence electrons. The van der Waals surface area contributed by atoms with Gasteiger partial charge in [-0.1, -0.05) is 37.3 Å². The zero-order chi connectivity index (χ0) is 21.1. The standard InChI is InChI=1S/C20H27N5O4/c1-5-16(21-19-18(25(27)28)14(3)22-23(19)4)20(26)24-11-13(2)29-17(12-24)15-9-7-6-8-10-15/h6-10,13,16-17,21H,5,11-12H2,1-4H3/t13-,16-,17+/m0/s1. The van der Waals surface area contributed by atoms with Gasteiger partial charge < -0.3 is 15.0 Å². The number of rotatable bonds is 6. The lowest BCUT2D eigenvalue weighted by Gasteiger charge is -2.38. The van der Waals surface area contributed by atoms with Crippen LogP contribution in [0, 0.1) is 17.0 Å². The van der Waals surface area contributed by atoms with Crippen molar-refractivity contribution in [3.8, 4) is 0 Å². The van der Waals surface area contributed by atoms with Crippen molar-refractivity contribution in [2.45, 2.75) is 45.4 Å². The van der Waals surface area contributed by atoms with Gasteiger partial charge in [-0.3, -0.25) is 14.9 Å². The van der Waals surface area contributed by atoms with Gasteiger partial charge in [0.25, 0.3) is 0 Å². The van der Waals surface area contributed by atoms with E-state index in [0.717, 1.165) is 5.56 Å². The van der Waals surface area contributed by atoms with E-state index in [1.54, 1.807) is 18.9 Å². The summed E-state index contributed by atoms with van der Waals surface area (Å²) in [6.45, 7) is 6.33. The highest BCUT2D eigenvalue weighted by Crippen LogP contribution is 2.30. The highest BCUT2D eigenvalue weighted by Gasteiger charge is 2.34. The minimum atomic E-state index is -0.592. The summed E-state index contributed by atoms with van der Waals surface area (Å²) in [5, 5.41) is 18.6. The van der Waals surface area contributed by atoms with Crippen LogP contribution in [0.4, 0.5) is 11.5 Å². The van der Waals surface area contributed by atoms with Crippen LogP contribution in [-0.2, 0) is 16.6 Å². The summed E-state index contributed by atoms with van der Waals surface area (Å²) in [7, 11) is 1.63. The van der Waals surface area contributed by atoms with E-state index in [1.165, 1.54) is 4.68 Å².